The van der Waals surface area contributed by atoms with E-state index in [-0.39, 0.29) is 24.5 Å². The summed E-state index contributed by atoms with van der Waals surface area (Å²) in [5, 5.41) is 2.77. The summed E-state index contributed by atoms with van der Waals surface area (Å²) >= 11 is 1.63. The van der Waals surface area contributed by atoms with Crippen LogP contribution in [0.25, 0.3) is 0 Å². The van der Waals surface area contributed by atoms with Crippen LogP contribution in [0.5, 0.6) is 5.75 Å². The Morgan fingerprint density at radius 2 is 1.48 bits per heavy atom. The predicted molar refractivity (Wildman–Crippen MR) is 128 cm³/mol. The molecule has 0 bridgehead atoms. The third-order valence-electron chi connectivity index (χ3n) is 4.73. The van der Waals surface area contributed by atoms with Crippen molar-refractivity contribution in [1.82, 2.24) is 0 Å². The van der Waals surface area contributed by atoms with Crippen LogP contribution in [0.4, 0.5) is 5.69 Å². The van der Waals surface area contributed by atoms with E-state index in [2.05, 4.69) is 5.32 Å². The van der Waals surface area contributed by atoms with Gasteiger partial charge in [-0.3, -0.25) is 14.4 Å². The normalized spacial score (nSPS) is 11.3. The third-order valence-corrected chi connectivity index (χ3v) is 5.74. The van der Waals surface area contributed by atoms with Gasteiger partial charge in [-0.25, -0.2) is 0 Å². The topological polar surface area (TPSA) is 81.7 Å². The Hall–Kier alpha value is -3.58. The van der Waals surface area contributed by atoms with Gasteiger partial charge in [0.05, 0.1) is 13.5 Å². The molecule has 1 amide bonds. The van der Waals surface area contributed by atoms with Crippen molar-refractivity contribution < 1.29 is 23.9 Å². The quantitative estimate of drug-likeness (QED) is 0.321. The van der Waals surface area contributed by atoms with Gasteiger partial charge >= 0.3 is 5.97 Å². The molecule has 0 radical (unpaired) electrons. The SMILES string of the molecule is COc1ccc(C(=O)C(C)OC(=O)CCC(=O)Nc2ccc(Sc3ccccc3)cc2)cc1. The van der Waals surface area contributed by atoms with Crippen molar-refractivity contribution in [1.29, 1.82) is 0 Å². The molecule has 6 nitrogen and oxygen atoms in total. The van der Waals surface area contributed by atoms with Gasteiger partial charge in [-0.05, 0) is 67.6 Å². The Bertz CT molecular complexity index is 1080. The van der Waals surface area contributed by atoms with Crippen molar-refractivity contribution in [2.75, 3.05) is 12.4 Å². The first-order valence-electron chi connectivity index (χ1n) is 10.4. The fourth-order valence-electron chi connectivity index (χ4n) is 2.97. The standard InChI is InChI=1S/C26H25NO5S/c1-18(26(30)19-8-12-21(31-2)13-9-19)32-25(29)17-16-24(28)27-20-10-14-23(15-11-20)33-22-6-4-3-5-7-22/h3-15,18H,16-17H2,1-2H3,(H,27,28). The number of hydrogen-bond donors (Lipinski definition) is 1. The maximum Gasteiger partial charge on any atom is 0.307 e. The monoisotopic (exact) mass is 463 g/mol. The van der Waals surface area contributed by atoms with Crippen LogP contribution in [-0.2, 0) is 14.3 Å². The van der Waals surface area contributed by atoms with Crippen molar-refractivity contribution in [2.45, 2.75) is 35.7 Å². The number of ketones is 1. The smallest absolute Gasteiger partial charge is 0.307 e. The Morgan fingerprint density at radius 3 is 2.12 bits per heavy atom. The van der Waals surface area contributed by atoms with Crippen molar-refractivity contribution in [2.24, 2.45) is 0 Å². The molecular weight excluding hydrogens is 438 g/mol. The van der Waals surface area contributed by atoms with Gasteiger partial charge in [0, 0.05) is 27.5 Å². The van der Waals surface area contributed by atoms with Crippen LogP contribution in [-0.4, -0.2) is 30.9 Å². The van der Waals surface area contributed by atoms with Gasteiger partial charge in [-0.1, -0.05) is 30.0 Å². The maximum absolute atomic E-state index is 12.4. The summed E-state index contributed by atoms with van der Waals surface area (Å²) < 4.78 is 10.3. The van der Waals surface area contributed by atoms with E-state index in [1.165, 1.54) is 14.0 Å². The molecule has 0 heterocycles. The molecular formula is C26H25NO5S. The second kappa shape index (κ2) is 11.9. The lowest BCUT2D eigenvalue weighted by atomic mass is 10.1. The summed E-state index contributed by atoms with van der Waals surface area (Å²) in [6.07, 6.45) is -1.10. The zero-order valence-corrected chi connectivity index (χ0v) is 19.3. The lowest BCUT2D eigenvalue weighted by molar-refractivity contribution is -0.147. The van der Waals surface area contributed by atoms with Crippen molar-refractivity contribution >= 4 is 35.1 Å². The minimum Gasteiger partial charge on any atom is -0.497 e. The van der Waals surface area contributed by atoms with E-state index < -0.39 is 12.1 Å². The fraction of sp³-hybridized carbons (Fsp3) is 0.192. The van der Waals surface area contributed by atoms with Gasteiger partial charge in [0.2, 0.25) is 11.7 Å². The second-order valence-corrected chi connectivity index (χ2v) is 8.36. The number of ether oxygens (including phenoxy) is 2. The Kier molecular flexibility index (Phi) is 8.66. The zero-order valence-electron chi connectivity index (χ0n) is 18.4. The number of rotatable bonds is 10. The molecule has 3 rings (SSSR count). The van der Waals surface area contributed by atoms with Gasteiger partial charge < -0.3 is 14.8 Å². The van der Waals surface area contributed by atoms with E-state index in [0.717, 1.165) is 9.79 Å². The molecule has 0 spiro atoms. The van der Waals surface area contributed by atoms with E-state index in [4.69, 9.17) is 9.47 Å². The Labute approximate surface area is 197 Å². The number of anilines is 1. The fourth-order valence-corrected chi connectivity index (χ4v) is 3.81. The first-order chi connectivity index (χ1) is 15.9. The molecule has 170 valence electrons. The molecule has 7 heteroatoms. The highest BCUT2D eigenvalue weighted by molar-refractivity contribution is 7.99. The summed E-state index contributed by atoms with van der Waals surface area (Å²) in [6.45, 7) is 1.51. The average molecular weight is 464 g/mol. The summed E-state index contributed by atoms with van der Waals surface area (Å²) in [4.78, 5) is 38.9. The summed E-state index contributed by atoms with van der Waals surface area (Å²) in [5.74, 6) is -0.589. The average Bonchev–Trinajstić information content (AvgIpc) is 2.84. The highest BCUT2D eigenvalue weighted by Crippen LogP contribution is 2.28. The van der Waals surface area contributed by atoms with Crippen molar-refractivity contribution in [3.05, 3.63) is 84.4 Å². The highest BCUT2D eigenvalue weighted by Gasteiger charge is 2.20. The molecule has 3 aromatic rings. The van der Waals surface area contributed by atoms with Gasteiger partial charge in [-0.2, -0.15) is 0 Å². The number of nitrogens with one attached hydrogen (secondary N) is 1. The molecule has 0 aliphatic heterocycles. The number of benzene rings is 3. The lowest BCUT2D eigenvalue weighted by Crippen LogP contribution is -2.25. The molecule has 0 saturated heterocycles. The molecule has 0 aliphatic carbocycles. The summed E-state index contributed by atoms with van der Waals surface area (Å²) in [6, 6.07) is 24.0. The Balaban J connectivity index is 1.42. The third kappa shape index (κ3) is 7.50. The van der Waals surface area contributed by atoms with Crippen LogP contribution in [0.1, 0.15) is 30.1 Å². The van der Waals surface area contributed by atoms with E-state index >= 15 is 0 Å². The first-order valence-corrected chi connectivity index (χ1v) is 11.3. The largest absolute Gasteiger partial charge is 0.497 e. The number of hydrogen-bond acceptors (Lipinski definition) is 6. The molecule has 3 aromatic carbocycles. The van der Waals surface area contributed by atoms with Crippen molar-refractivity contribution in [3.63, 3.8) is 0 Å². The number of Topliss-reactive ketones (excluding diaryl/α,β-unsaturated/α-hetero) is 1. The molecule has 0 aromatic heterocycles. The number of esters is 1. The van der Waals surface area contributed by atoms with E-state index in [9.17, 15) is 14.4 Å². The zero-order chi connectivity index (χ0) is 23.6. The molecule has 1 N–H and O–H groups in total. The van der Waals surface area contributed by atoms with Gasteiger partial charge in [0.1, 0.15) is 5.75 Å². The highest BCUT2D eigenvalue weighted by atomic mass is 32.2. The minimum atomic E-state index is -0.941. The van der Waals surface area contributed by atoms with Crippen LogP contribution in [0.3, 0.4) is 0 Å². The number of carbonyl (C=O) groups excluding carboxylic acids is 3. The molecule has 0 saturated carbocycles. The Morgan fingerprint density at radius 1 is 0.848 bits per heavy atom. The molecule has 1 atom stereocenters. The van der Waals surface area contributed by atoms with Gasteiger partial charge in [0.15, 0.2) is 6.10 Å². The number of carbonyl (C=O) groups is 3. The summed E-state index contributed by atoms with van der Waals surface area (Å²) in [5.41, 5.74) is 1.07. The van der Waals surface area contributed by atoms with Gasteiger partial charge in [-0.15, -0.1) is 0 Å². The van der Waals surface area contributed by atoms with Crippen LogP contribution >= 0.6 is 11.8 Å². The second-order valence-electron chi connectivity index (χ2n) is 7.21. The molecule has 33 heavy (non-hydrogen) atoms. The molecule has 0 aliphatic rings. The maximum atomic E-state index is 12.4. The van der Waals surface area contributed by atoms with E-state index in [0.29, 0.717) is 17.0 Å². The minimum absolute atomic E-state index is 0.0389. The molecule has 0 fully saturated rings. The van der Waals surface area contributed by atoms with E-state index in [1.54, 1.807) is 36.0 Å². The molecule has 1 unspecified atom stereocenters. The van der Waals surface area contributed by atoms with Crippen LogP contribution in [0.2, 0.25) is 0 Å². The summed E-state index contributed by atoms with van der Waals surface area (Å²) in [7, 11) is 1.54. The van der Waals surface area contributed by atoms with Crippen molar-refractivity contribution in [3.8, 4) is 5.75 Å². The lowest BCUT2D eigenvalue weighted by Gasteiger charge is -2.13. The van der Waals surface area contributed by atoms with Crippen LogP contribution < -0.4 is 10.1 Å². The predicted octanol–water partition coefficient (Wildman–Crippen LogP) is 5.38. The first kappa shape index (κ1) is 24.1. The number of methoxy groups -OCH3 is 1. The van der Waals surface area contributed by atoms with E-state index in [1.807, 2.05) is 54.6 Å². The van der Waals surface area contributed by atoms with Crippen LogP contribution in [0, 0.1) is 0 Å². The van der Waals surface area contributed by atoms with Gasteiger partial charge in [0.25, 0.3) is 0 Å². The van der Waals surface area contributed by atoms with Crippen LogP contribution in [0.15, 0.2) is 88.7 Å². The number of amides is 1.